The molecule has 29 heavy (non-hydrogen) atoms. The summed E-state index contributed by atoms with van der Waals surface area (Å²) >= 11 is 12.0. The van der Waals surface area contributed by atoms with Crippen LogP contribution in [0.1, 0.15) is 28.6 Å². The third kappa shape index (κ3) is 4.57. The molecule has 1 unspecified atom stereocenters. The fraction of sp³-hybridized carbons (Fsp3) is 0.190. The van der Waals surface area contributed by atoms with Gasteiger partial charge >= 0.3 is 0 Å². The van der Waals surface area contributed by atoms with Gasteiger partial charge in [-0.1, -0.05) is 47.5 Å². The summed E-state index contributed by atoms with van der Waals surface area (Å²) < 4.78 is 1.77. The minimum absolute atomic E-state index is 0.255. The van der Waals surface area contributed by atoms with Gasteiger partial charge in [0.1, 0.15) is 0 Å². The van der Waals surface area contributed by atoms with Crippen molar-refractivity contribution in [2.45, 2.75) is 26.4 Å². The Labute approximate surface area is 178 Å². The number of hydrogen-bond acceptors (Lipinski definition) is 4. The van der Waals surface area contributed by atoms with E-state index in [2.05, 4.69) is 15.4 Å². The number of aryl methyl sites for hydroxylation is 1. The Morgan fingerprint density at radius 1 is 1.21 bits per heavy atom. The second-order valence-electron chi connectivity index (χ2n) is 6.44. The Kier molecular flexibility index (Phi) is 6.49. The number of para-hydroxylation sites is 1. The van der Waals surface area contributed by atoms with Crippen molar-refractivity contribution in [1.29, 1.82) is 5.41 Å². The lowest BCUT2D eigenvalue weighted by Crippen LogP contribution is -2.28. The van der Waals surface area contributed by atoms with Crippen molar-refractivity contribution in [2.75, 3.05) is 0 Å². The first-order valence-corrected chi connectivity index (χ1v) is 9.62. The van der Waals surface area contributed by atoms with E-state index in [1.54, 1.807) is 22.9 Å². The number of rotatable bonds is 6. The smallest absolute Gasteiger partial charge is 0.250 e. The number of carbonyl (C=O) groups is 1. The van der Waals surface area contributed by atoms with Gasteiger partial charge in [-0.25, -0.2) is 15.1 Å². The number of nitrogens with zero attached hydrogens (tertiary/aromatic N) is 3. The summed E-state index contributed by atoms with van der Waals surface area (Å²) in [4.78, 5) is 16.9. The Hall–Kier alpha value is -2.92. The Morgan fingerprint density at radius 2 is 1.93 bits per heavy atom. The Bertz CT molecular complexity index is 1090. The molecule has 0 aliphatic rings. The maximum Gasteiger partial charge on any atom is 0.250 e. The van der Waals surface area contributed by atoms with Crippen LogP contribution in [0.15, 0.2) is 53.5 Å². The van der Waals surface area contributed by atoms with Gasteiger partial charge in [0.2, 0.25) is 0 Å². The predicted molar refractivity (Wildman–Crippen MR) is 114 cm³/mol. The van der Waals surface area contributed by atoms with Crippen LogP contribution in [0.5, 0.6) is 0 Å². The van der Waals surface area contributed by atoms with E-state index < -0.39 is 6.04 Å². The second kappa shape index (κ2) is 9.05. The van der Waals surface area contributed by atoms with Crippen LogP contribution in [0.25, 0.3) is 5.69 Å². The minimum Gasteiger partial charge on any atom is -0.350 e. The van der Waals surface area contributed by atoms with Crippen LogP contribution in [0, 0.1) is 19.3 Å². The molecule has 0 spiro atoms. The van der Waals surface area contributed by atoms with Crippen LogP contribution < -0.4 is 5.32 Å². The number of aromatic nitrogens is 2. The van der Waals surface area contributed by atoms with Gasteiger partial charge in [0.25, 0.3) is 5.91 Å². The number of nitrogens with one attached hydrogen (secondary N) is 2. The van der Waals surface area contributed by atoms with E-state index in [-0.39, 0.29) is 12.5 Å². The largest absolute Gasteiger partial charge is 0.350 e. The number of benzene rings is 2. The van der Waals surface area contributed by atoms with Gasteiger partial charge in [-0.3, -0.25) is 4.79 Å². The first kappa shape index (κ1) is 20.8. The van der Waals surface area contributed by atoms with Crippen molar-refractivity contribution in [3.63, 3.8) is 0 Å². The lowest BCUT2D eigenvalue weighted by Gasteiger charge is -2.13. The standard InChI is InChI=1S/C21H19Cl2N5O/c1-13-19(14(2)28(27-13)16-6-4-3-5-7-16)20(26-12-24)21(29)25-11-15-8-9-17(22)18(23)10-15/h3-10,20,24H,11H2,1-2H3,(H,25,29). The van der Waals surface area contributed by atoms with Crippen LogP contribution >= 0.6 is 23.2 Å². The number of hydrogen-bond donors (Lipinski definition) is 2. The van der Waals surface area contributed by atoms with E-state index in [1.165, 1.54) is 0 Å². The highest BCUT2D eigenvalue weighted by Crippen LogP contribution is 2.27. The number of carbonyl (C=O) groups excluding carboxylic acids is 1. The molecule has 3 rings (SSSR count). The summed E-state index contributed by atoms with van der Waals surface area (Å²) in [6, 6.07) is 15.9. The van der Waals surface area contributed by atoms with Crippen LogP contribution in [-0.4, -0.2) is 21.7 Å². The SMILES string of the molecule is Cc1nn(-c2ccccc2)c(C)c1C(N=C=N)C(=O)NCc1ccc(Cl)c(Cl)c1. The van der Waals surface area contributed by atoms with Crippen LogP contribution in [0.3, 0.4) is 0 Å². The van der Waals surface area contributed by atoms with E-state index in [0.717, 1.165) is 16.9 Å². The first-order chi connectivity index (χ1) is 13.9. The van der Waals surface area contributed by atoms with E-state index in [9.17, 15) is 4.79 Å². The summed E-state index contributed by atoms with van der Waals surface area (Å²) in [5.41, 5.74) is 3.79. The highest BCUT2D eigenvalue weighted by molar-refractivity contribution is 6.42. The van der Waals surface area contributed by atoms with Gasteiger partial charge in [0.05, 0.1) is 27.4 Å². The van der Waals surface area contributed by atoms with Gasteiger partial charge in [-0.2, -0.15) is 5.10 Å². The summed E-state index contributed by atoms with van der Waals surface area (Å²) in [5.74, 6) is -0.352. The molecular weight excluding hydrogens is 409 g/mol. The zero-order valence-corrected chi connectivity index (χ0v) is 17.4. The summed E-state index contributed by atoms with van der Waals surface area (Å²) in [6.07, 6.45) is 0. The van der Waals surface area contributed by atoms with Crippen molar-refractivity contribution >= 4 is 35.1 Å². The zero-order valence-electron chi connectivity index (χ0n) is 15.9. The van der Waals surface area contributed by atoms with Gasteiger partial charge < -0.3 is 5.32 Å². The molecule has 1 heterocycles. The third-order valence-corrected chi connectivity index (χ3v) is 5.25. The molecule has 2 N–H and O–H groups in total. The van der Waals surface area contributed by atoms with Crippen molar-refractivity contribution in [3.8, 4) is 5.69 Å². The van der Waals surface area contributed by atoms with E-state index >= 15 is 0 Å². The van der Waals surface area contributed by atoms with Crippen LogP contribution in [0.4, 0.5) is 0 Å². The Morgan fingerprint density at radius 3 is 2.59 bits per heavy atom. The van der Waals surface area contributed by atoms with Gasteiger partial charge in [-0.05, 0) is 43.7 Å². The molecule has 1 atom stereocenters. The van der Waals surface area contributed by atoms with E-state index in [1.807, 2.05) is 50.2 Å². The molecule has 3 aromatic rings. The molecule has 148 valence electrons. The number of aliphatic imine (C=N–C) groups is 1. The Balaban J connectivity index is 1.87. The molecular formula is C21H19Cl2N5O. The molecule has 0 saturated heterocycles. The summed E-state index contributed by atoms with van der Waals surface area (Å²) in [5, 5.41) is 15.5. The molecule has 0 fully saturated rings. The maximum atomic E-state index is 12.9. The average Bonchev–Trinajstić information content (AvgIpc) is 3.01. The lowest BCUT2D eigenvalue weighted by atomic mass is 10.0. The van der Waals surface area contributed by atoms with Gasteiger partial charge in [0, 0.05) is 17.8 Å². The second-order valence-corrected chi connectivity index (χ2v) is 7.26. The molecule has 6 nitrogen and oxygen atoms in total. The normalized spacial score (nSPS) is 11.6. The van der Waals surface area contributed by atoms with Gasteiger partial charge in [0.15, 0.2) is 6.04 Å². The molecule has 0 radical (unpaired) electrons. The molecule has 8 heteroatoms. The predicted octanol–water partition coefficient (Wildman–Crippen LogP) is 4.91. The van der Waals surface area contributed by atoms with E-state index in [4.69, 9.17) is 28.6 Å². The highest BCUT2D eigenvalue weighted by Gasteiger charge is 2.27. The van der Waals surface area contributed by atoms with Gasteiger partial charge in [-0.15, -0.1) is 0 Å². The van der Waals surface area contributed by atoms with Crippen molar-refractivity contribution in [1.82, 2.24) is 15.1 Å². The topological polar surface area (TPSA) is 83.1 Å². The molecule has 0 saturated carbocycles. The monoisotopic (exact) mass is 427 g/mol. The first-order valence-electron chi connectivity index (χ1n) is 8.87. The summed E-state index contributed by atoms with van der Waals surface area (Å²) in [7, 11) is 0. The summed E-state index contributed by atoms with van der Waals surface area (Å²) in [6.45, 7) is 3.95. The number of amides is 1. The minimum atomic E-state index is -0.923. The van der Waals surface area contributed by atoms with Crippen molar-refractivity contribution in [3.05, 3.63) is 81.1 Å². The molecule has 1 amide bonds. The van der Waals surface area contributed by atoms with Crippen LogP contribution in [-0.2, 0) is 11.3 Å². The number of halogens is 2. The quantitative estimate of drug-likeness (QED) is 0.547. The zero-order chi connectivity index (χ0) is 21.0. The maximum absolute atomic E-state index is 12.9. The van der Waals surface area contributed by atoms with Crippen molar-refractivity contribution in [2.24, 2.45) is 4.99 Å². The molecule has 1 aromatic heterocycles. The van der Waals surface area contributed by atoms with E-state index in [0.29, 0.717) is 21.3 Å². The van der Waals surface area contributed by atoms with Crippen molar-refractivity contribution < 1.29 is 4.79 Å². The fourth-order valence-electron chi connectivity index (χ4n) is 3.13. The molecule has 0 bridgehead atoms. The third-order valence-electron chi connectivity index (χ3n) is 4.51. The van der Waals surface area contributed by atoms with Crippen LogP contribution in [0.2, 0.25) is 10.0 Å². The molecule has 0 aliphatic heterocycles. The average molecular weight is 428 g/mol. The fourth-order valence-corrected chi connectivity index (χ4v) is 3.45. The highest BCUT2D eigenvalue weighted by atomic mass is 35.5. The lowest BCUT2D eigenvalue weighted by molar-refractivity contribution is -0.122. The molecule has 0 aliphatic carbocycles. The molecule has 2 aromatic carbocycles.